The Balaban J connectivity index is 2.06. The summed E-state index contributed by atoms with van der Waals surface area (Å²) in [6.45, 7) is 12.4. The van der Waals surface area contributed by atoms with Gasteiger partial charge in [0.2, 0.25) is 41.9 Å². The van der Waals surface area contributed by atoms with Crippen molar-refractivity contribution >= 4 is 71.2 Å². The molecule has 394 valence electrons. The van der Waals surface area contributed by atoms with Crippen molar-refractivity contribution in [2.75, 3.05) is 19.5 Å². The summed E-state index contributed by atoms with van der Waals surface area (Å²) in [4.78, 5) is 146. The number of aliphatic carboxylic acids is 2. The number of carboxylic acid groups (broad SMARTS) is 2. The van der Waals surface area contributed by atoms with Crippen molar-refractivity contribution in [3.05, 3.63) is 102 Å². The Hall–Kier alpha value is -8.01. The molecule has 9 N–H and O–H groups in total. The summed E-state index contributed by atoms with van der Waals surface area (Å²) < 4.78 is 5.78. The monoisotopic (exact) mass is 1010 g/mol. The smallest absolute Gasteiger partial charge is 0.327 e. The molecule has 8 amide bonds. The number of carbonyl (C=O) groups excluding carboxylic acids is 9. The number of likely N-dealkylation sites (N-methyl/N-ethyl adjacent to an activating group) is 1. The average molecular weight is 1020 g/mol. The number of nitrogens with zero attached hydrogens (tertiary/aromatic N) is 1. The van der Waals surface area contributed by atoms with Crippen molar-refractivity contribution in [3.63, 3.8) is 0 Å². The lowest BCUT2D eigenvalue weighted by Crippen LogP contribution is -2.59. The quantitative estimate of drug-likeness (QED) is 0.0559. The van der Waals surface area contributed by atoms with Gasteiger partial charge in [-0.15, -0.1) is 0 Å². The van der Waals surface area contributed by atoms with E-state index in [-0.39, 0.29) is 23.3 Å². The standard InChI is InChI=1S/C51H66N8O14/c1-27(23-28(2)41(73-9)24-34-15-11-10-12-16-34)19-20-36-29(3)44(63)56-38(50(69)70)21-22-42(62)59(8)33(7)48(67)54-32(6)47(66)57-39(25-40(61)35-17-13-14-18-37(35)52-26-60)49(68)58-43(51(71)72)30(4)45(64)53-31(5)46(65)55-36/h10-20,23,26,28-32,36,38-39,41,43H,7,21-22,24-25H2,1-6,8-9H3,(H,52,60)(H,53,64)(H,54,67)(H,55,65)(H,56,63)(H,57,66)(H,58,68)(H,69,70)(H,71,72)/b20-19?,27-23+/t28-,29-,30-,31-,32+,36-,38+,39-,41-,43+/m0/s1. The predicted molar refractivity (Wildman–Crippen MR) is 266 cm³/mol. The van der Waals surface area contributed by atoms with Crippen LogP contribution >= 0.6 is 0 Å². The minimum absolute atomic E-state index is 0.0461. The first-order valence-electron chi connectivity index (χ1n) is 23.4. The van der Waals surface area contributed by atoms with Crippen LogP contribution in [0.4, 0.5) is 5.69 Å². The van der Waals surface area contributed by atoms with Crippen LogP contribution in [0.5, 0.6) is 0 Å². The number of amides is 8. The molecular weight excluding hydrogens is 949 g/mol. The Morgan fingerprint density at radius 3 is 2.01 bits per heavy atom. The van der Waals surface area contributed by atoms with Gasteiger partial charge in [-0.3, -0.25) is 43.2 Å². The lowest BCUT2D eigenvalue weighted by Gasteiger charge is -2.27. The summed E-state index contributed by atoms with van der Waals surface area (Å²) in [6, 6.07) is 5.77. The van der Waals surface area contributed by atoms with Crippen LogP contribution in [0.2, 0.25) is 0 Å². The third kappa shape index (κ3) is 17.7. The number of hydrogen-bond donors (Lipinski definition) is 9. The van der Waals surface area contributed by atoms with E-state index in [9.17, 15) is 63.0 Å². The maximum Gasteiger partial charge on any atom is 0.327 e. The van der Waals surface area contributed by atoms with Gasteiger partial charge in [0, 0.05) is 38.5 Å². The van der Waals surface area contributed by atoms with E-state index in [1.165, 1.54) is 51.1 Å². The van der Waals surface area contributed by atoms with Gasteiger partial charge in [0.05, 0.1) is 29.7 Å². The van der Waals surface area contributed by atoms with Crippen LogP contribution in [0, 0.1) is 17.8 Å². The molecule has 1 fully saturated rings. The molecule has 1 aliphatic heterocycles. The Bertz CT molecular complexity index is 2460. The zero-order chi connectivity index (χ0) is 54.7. The number of allylic oxidation sites excluding steroid dienone is 2. The lowest BCUT2D eigenvalue weighted by atomic mass is 9.94. The van der Waals surface area contributed by atoms with Crippen molar-refractivity contribution in [2.24, 2.45) is 17.8 Å². The number of benzene rings is 2. The van der Waals surface area contributed by atoms with E-state index in [0.717, 1.165) is 24.4 Å². The third-order valence-electron chi connectivity index (χ3n) is 12.3. The van der Waals surface area contributed by atoms with Crippen LogP contribution in [0.15, 0.2) is 90.7 Å². The fourth-order valence-electron chi connectivity index (χ4n) is 7.53. The number of ether oxygens (including phenoxy) is 1. The highest BCUT2D eigenvalue weighted by Gasteiger charge is 2.37. The largest absolute Gasteiger partial charge is 0.480 e. The van der Waals surface area contributed by atoms with E-state index >= 15 is 0 Å². The van der Waals surface area contributed by atoms with E-state index in [2.05, 4.69) is 43.8 Å². The van der Waals surface area contributed by atoms with Crippen LogP contribution in [0.3, 0.4) is 0 Å². The number of nitrogens with one attached hydrogen (secondary N) is 7. The Morgan fingerprint density at radius 1 is 0.795 bits per heavy atom. The molecule has 0 unspecified atom stereocenters. The topological polar surface area (TPSA) is 325 Å². The van der Waals surface area contributed by atoms with E-state index in [4.69, 9.17) is 4.74 Å². The number of methoxy groups -OCH3 is 1. The SMILES string of the molecule is C=C1C(=O)N[C@H](C)C(=O)N[C@@H](CC(=O)c2ccccc2NC=O)C(=O)N[C@@H](C(=O)O)[C@H](C)C(=O)N[C@@H](C)C(=O)N[C@@H](C=C/C(C)=C/[C@H](C)[C@H](Cc2ccccc2)OC)[C@H](C)C(=O)N[C@@H](C(=O)O)CCC(=O)N1C. The molecule has 73 heavy (non-hydrogen) atoms. The molecule has 0 spiro atoms. The average Bonchev–Trinajstić information content (AvgIpc) is 3.35. The van der Waals surface area contributed by atoms with Crippen LogP contribution < -0.4 is 37.2 Å². The van der Waals surface area contributed by atoms with Crippen LogP contribution in [0.25, 0.3) is 0 Å². The first-order valence-corrected chi connectivity index (χ1v) is 23.4. The number of hydrogen-bond acceptors (Lipinski definition) is 12. The van der Waals surface area contributed by atoms with E-state index < -0.39 is 132 Å². The summed E-state index contributed by atoms with van der Waals surface area (Å²) in [6.07, 6.45) is 3.94. The fraction of sp³-hybridized carbons (Fsp3) is 0.431. The second-order valence-corrected chi connectivity index (χ2v) is 17.8. The summed E-state index contributed by atoms with van der Waals surface area (Å²) in [7, 11) is 2.76. The van der Waals surface area contributed by atoms with E-state index in [0.29, 0.717) is 18.4 Å². The summed E-state index contributed by atoms with van der Waals surface area (Å²) in [5.41, 5.74) is 1.22. The Labute approximate surface area is 423 Å². The van der Waals surface area contributed by atoms with Gasteiger partial charge in [-0.1, -0.05) is 93.6 Å². The molecule has 1 aliphatic rings. The van der Waals surface area contributed by atoms with Gasteiger partial charge in [-0.2, -0.15) is 0 Å². The molecule has 2 aromatic rings. The third-order valence-corrected chi connectivity index (χ3v) is 12.3. The summed E-state index contributed by atoms with van der Waals surface area (Å²) in [5.74, 6) is -13.9. The van der Waals surface area contributed by atoms with Crippen molar-refractivity contribution < 1.29 is 67.7 Å². The molecule has 22 nitrogen and oxygen atoms in total. The number of para-hydroxylation sites is 1. The van der Waals surface area contributed by atoms with Crippen molar-refractivity contribution in [2.45, 2.75) is 110 Å². The van der Waals surface area contributed by atoms with Crippen LogP contribution in [-0.4, -0.2) is 137 Å². The molecular formula is C51H66N8O14. The highest BCUT2D eigenvalue weighted by Crippen LogP contribution is 2.20. The highest BCUT2D eigenvalue weighted by molar-refractivity contribution is 6.06. The van der Waals surface area contributed by atoms with Gasteiger partial charge in [0.15, 0.2) is 5.78 Å². The van der Waals surface area contributed by atoms with Crippen molar-refractivity contribution in [1.82, 2.24) is 36.8 Å². The van der Waals surface area contributed by atoms with Gasteiger partial charge in [0.25, 0.3) is 5.91 Å². The molecule has 1 saturated heterocycles. The Morgan fingerprint density at radius 2 is 1.40 bits per heavy atom. The Kier molecular flexibility index (Phi) is 22.9. The first-order chi connectivity index (χ1) is 34.4. The number of anilines is 1. The molecule has 0 bridgehead atoms. The molecule has 22 heteroatoms. The predicted octanol–water partition coefficient (Wildman–Crippen LogP) is 1.38. The van der Waals surface area contributed by atoms with E-state index in [1.54, 1.807) is 20.1 Å². The number of Topliss-reactive ketones (excluding diaryl/α,β-unsaturated/α-hetero) is 1. The van der Waals surface area contributed by atoms with Gasteiger partial charge in [-0.05, 0) is 51.3 Å². The lowest BCUT2D eigenvalue weighted by molar-refractivity contribution is -0.146. The van der Waals surface area contributed by atoms with Gasteiger partial charge >= 0.3 is 11.9 Å². The molecule has 3 rings (SSSR count). The zero-order valence-corrected chi connectivity index (χ0v) is 42.1. The minimum Gasteiger partial charge on any atom is -0.480 e. The van der Waals surface area contributed by atoms with Gasteiger partial charge in [-0.25, -0.2) is 9.59 Å². The second-order valence-electron chi connectivity index (χ2n) is 17.8. The molecule has 2 aromatic carbocycles. The molecule has 0 aliphatic carbocycles. The number of ketones is 1. The van der Waals surface area contributed by atoms with Crippen LogP contribution in [-0.2, 0) is 59.1 Å². The number of carboxylic acids is 2. The molecule has 0 radical (unpaired) electrons. The van der Waals surface area contributed by atoms with Crippen molar-refractivity contribution in [1.29, 1.82) is 0 Å². The summed E-state index contributed by atoms with van der Waals surface area (Å²) >= 11 is 0. The molecule has 0 aromatic heterocycles. The molecule has 10 atom stereocenters. The zero-order valence-electron chi connectivity index (χ0n) is 42.1. The van der Waals surface area contributed by atoms with Crippen molar-refractivity contribution in [3.8, 4) is 0 Å². The maximum atomic E-state index is 14.0. The van der Waals surface area contributed by atoms with E-state index in [1.807, 2.05) is 43.3 Å². The second kappa shape index (κ2) is 28.1. The van der Waals surface area contributed by atoms with Gasteiger partial charge in [0.1, 0.15) is 35.9 Å². The first kappa shape index (κ1) is 59.3. The number of carbonyl (C=O) groups is 11. The van der Waals surface area contributed by atoms with Gasteiger partial charge < -0.3 is 57.1 Å². The minimum atomic E-state index is -2.03. The summed E-state index contributed by atoms with van der Waals surface area (Å²) in [5, 5.41) is 37.1. The number of rotatable bonds is 14. The fourth-order valence-corrected chi connectivity index (χ4v) is 7.53. The molecule has 0 saturated carbocycles. The highest BCUT2D eigenvalue weighted by atomic mass is 16.5. The molecule has 1 heterocycles. The maximum absolute atomic E-state index is 14.0. The normalized spacial score (nSPS) is 24.8. The van der Waals surface area contributed by atoms with Crippen LogP contribution in [0.1, 0.15) is 76.7 Å².